The summed E-state index contributed by atoms with van der Waals surface area (Å²) in [4.78, 5) is 37.3. The summed E-state index contributed by atoms with van der Waals surface area (Å²) in [6, 6.07) is 0. The third kappa shape index (κ3) is 8.55. The van der Waals surface area contributed by atoms with Crippen molar-refractivity contribution in [2.45, 2.75) is 64.8 Å². The molecule has 1 rings (SSSR count). The zero-order valence-electron chi connectivity index (χ0n) is 17.9. The molecule has 0 saturated carbocycles. The Hall–Kier alpha value is -1.91. The molecule has 29 heavy (non-hydrogen) atoms. The maximum absolute atomic E-state index is 12.7. The number of carbonyl (C=O) groups is 3. The lowest BCUT2D eigenvalue weighted by Gasteiger charge is -2.34. The van der Waals surface area contributed by atoms with E-state index >= 15 is 0 Å². The second kappa shape index (κ2) is 11.9. The summed E-state index contributed by atoms with van der Waals surface area (Å²) in [6.45, 7) is 9.25. The van der Waals surface area contributed by atoms with Crippen LogP contribution in [0.2, 0.25) is 0 Å². The molecule has 1 N–H and O–H groups in total. The summed E-state index contributed by atoms with van der Waals surface area (Å²) < 4.78 is 31.6. The number of amides is 1. The highest BCUT2D eigenvalue weighted by molar-refractivity contribution is 6.03. The van der Waals surface area contributed by atoms with Crippen molar-refractivity contribution in [2.24, 2.45) is 0 Å². The first-order valence-corrected chi connectivity index (χ1v) is 9.79. The third-order valence-corrected chi connectivity index (χ3v) is 3.73. The van der Waals surface area contributed by atoms with Crippen LogP contribution < -0.4 is 5.32 Å². The van der Waals surface area contributed by atoms with Gasteiger partial charge >= 0.3 is 18.0 Å². The number of nitrogens with one attached hydrogen (secondary N) is 1. The van der Waals surface area contributed by atoms with Gasteiger partial charge in [-0.25, -0.2) is 14.4 Å². The van der Waals surface area contributed by atoms with Gasteiger partial charge in [-0.1, -0.05) is 0 Å². The minimum atomic E-state index is -1.98. The summed E-state index contributed by atoms with van der Waals surface area (Å²) in [6.07, 6.45) is -1.05. The molecule has 10 heteroatoms. The van der Waals surface area contributed by atoms with Gasteiger partial charge in [-0.15, -0.1) is 0 Å². The van der Waals surface area contributed by atoms with Crippen LogP contribution >= 0.6 is 0 Å². The molecule has 0 radical (unpaired) electrons. The molecule has 0 aromatic rings. The maximum Gasteiger partial charge on any atom is 0.407 e. The van der Waals surface area contributed by atoms with Gasteiger partial charge in [-0.3, -0.25) is 0 Å². The topological polar surface area (TPSA) is 119 Å². The monoisotopic (exact) mass is 419 g/mol. The minimum Gasteiger partial charge on any atom is -0.463 e. The highest BCUT2D eigenvalue weighted by atomic mass is 16.7. The lowest BCUT2D eigenvalue weighted by atomic mass is 9.96. The predicted molar refractivity (Wildman–Crippen MR) is 101 cm³/mol. The van der Waals surface area contributed by atoms with E-state index < -0.39 is 35.3 Å². The van der Waals surface area contributed by atoms with Gasteiger partial charge in [0.15, 0.2) is 0 Å². The molecular weight excluding hydrogens is 386 g/mol. The van der Waals surface area contributed by atoms with E-state index in [0.29, 0.717) is 0 Å². The van der Waals surface area contributed by atoms with Gasteiger partial charge in [0.05, 0.1) is 26.4 Å². The number of hydrogen-bond donors (Lipinski definition) is 1. The lowest BCUT2D eigenvalue weighted by Crippen LogP contribution is -2.55. The summed E-state index contributed by atoms with van der Waals surface area (Å²) >= 11 is 0. The number of carbonyl (C=O) groups excluding carboxylic acids is 3. The van der Waals surface area contributed by atoms with Crippen LogP contribution in [0.25, 0.3) is 0 Å². The van der Waals surface area contributed by atoms with Crippen molar-refractivity contribution < 1.29 is 42.8 Å². The summed E-state index contributed by atoms with van der Waals surface area (Å²) in [7, 11) is 0. The van der Waals surface area contributed by atoms with E-state index in [-0.39, 0.29) is 52.6 Å². The summed E-state index contributed by atoms with van der Waals surface area (Å²) in [5, 5.41) is 2.59. The number of rotatable bonds is 10. The lowest BCUT2D eigenvalue weighted by molar-refractivity contribution is -0.226. The average Bonchev–Trinajstić information content (AvgIpc) is 2.64. The maximum atomic E-state index is 12.7. The zero-order valence-corrected chi connectivity index (χ0v) is 17.9. The van der Waals surface area contributed by atoms with Gasteiger partial charge in [0.25, 0.3) is 5.60 Å². The highest BCUT2D eigenvalue weighted by Crippen LogP contribution is 2.26. The fourth-order valence-corrected chi connectivity index (χ4v) is 2.60. The van der Waals surface area contributed by atoms with E-state index in [1.54, 1.807) is 34.6 Å². The Labute approximate surface area is 171 Å². The van der Waals surface area contributed by atoms with Crippen LogP contribution in [0, 0.1) is 0 Å². The Balaban J connectivity index is 2.86. The van der Waals surface area contributed by atoms with Crippen LogP contribution in [0.15, 0.2) is 0 Å². The van der Waals surface area contributed by atoms with E-state index in [1.165, 1.54) is 0 Å². The first kappa shape index (κ1) is 25.1. The Morgan fingerprint density at radius 3 is 2.03 bits per heavy atom. The predicted octanol–water partition coefficient (Wildman–Crippen LogP) is 1.55. The first-order valence-electron chi connectivity index (χ1n) is 9.79. The second-order valence-corrected chi connectivity index (χ2v) is 7.40. The molecule has 0 spiro atoms. The molecule has 1 saturated heterocycles. The number of alkyl carbamates (subject to hydrolysis) is 1. The molecule has 0 unspecified atom stereocenters. The Morgan fingerprint density at radius 2 is 1.55 bits per heavy atom. The number of esters is 2. The van der Waals surface area contributed by atoms with Crippen molar-refractivity contribution >= 4 is 18.0 Å². The van der Waals surface area contributed by atoms with Crippen molar-refractivity contribution in [3.8, 4) is 0 Å². The molecule has 1 aliphatic rings. The second-order valence-electron chi connectivity index (χ2n) is 7.40. The molecule has 1 fully saturated rings. The average molecular weight is 419 g/mol. The molecule has 1 amide bonds. The van der Waals surface area contributed by atoms with Gasteiger partial charge in [-0.05, 0) is 41.0 Å². The van der Waals surface area contributed by atoms with E-state index in [1.807, 2.05) is 0 Å². The van der Waals surface area contributed by atoms with E-state index in [4.69, 9.17) is 28.4 Å². The van der Waals surface area contributed by atoms with Crippen LogP contribution in [0.3, 0.4) is 0 Å². The molecule has 1 heterocycles. The Kier molecular flexibility index (Phi) is 10.3. The van der Waals surface area contributed by atoms with Crippen molar-refractivity contribution in [1.82, 2.24) is 5.32 Å². The van der Waals surface area contributed by atoms with Gasteiger partial charge < -0.3 is 33.7 Å². The SMILES string of the molecule is CCOC(=O)C(CCCNC(=O)OC(C)(C)C)(OC1COCOC1)C(=O)OCC. The normalized spacial score (nSPS) is 15.5. The van der Waals surface area contributed by atoms with Crippen LogP contribution in [0.5, 0.6) is 0 Å². The van der Waals surface area contributed by atoms with Crippen LogP contribution in [-0.2, 0) is 38.0 Å². The van der Waals surface area contributed by atoms with Crippen molar-refractivity contribution in [2.75, 3.05) is 39.8 Å². The zero-order chi connectivity index (χ0) is 21.9. The molecule has 1 aliphatic heterocycles. The largest absolute Gasteiger partial charge is 0.463 e. The molecular formula is C19H33NO9. The molecule has 0 atom stereocenters. The van der Waals surface area contributed by atoms with Gasteiger partial charge in [0.2, 0.25) is 0 Å². The van der Waals surface area contributed by atoms with E-state index in [2.05, 4.69) is 5.32 Å². The van der Waals surface area contributed by atoms with Crippen molar-refractivity contribution in [3.05, 3.63) is 0 Å². The third-order valence-electron chi connectivity index (χ3n) is 3.73. The molecule has 0 aromatic carbocycles. The standard InChI is InChI=1S/C19H33NO9/c1-6-26-15(21)19(16(22)27-7-2,28-14-11-24-13-25-12-14)9-8-10-20-17(23)29-18(3,4)5/h14H,6-13H2,1-5H3,(H,20,23). The van der Waals surface area contributed by atoms with Gasteiger partial charge in [0.1, 0.15) is 18.5 Å². The van der Waals surface area contributed by atoms with E-state index in [0.717, 1.165) is 0 Å². The molecule has 168 valence electrons. The Morgan fingerprint density at radius 1 is 1.00 bits per heavy atom. The molecule has 0 aliphatic carbocycles. The first-order chi connectivity index (χ1) is 13.6. The fraction of sp³-hybridized carbons (Fsp3) is 0.842. The molecule has 10 nitrogen and oxygen atoms in total. The summed E-state index contributed by atoms with van der Waals surface area (Å²) in [5.41, 5.74) is -2.61. The smallest absolute Gasteiger partial charge is 0.407 e. The number of hydrogen-bond acceptors (Lipinski definition) is 9. The van der Waals surface area contributed by atoms with Crippen molar-refractivity contribution in [3.63, 3.8) is 0 Å². The number of ether oxygens (including phenoxy) is 6. The molecule has 0 aromatic heterocycles. The van der Waals surface area contributed by atoms with Crippen LogP contribution in [0.4, 0.5) is 4.79 Å². The fourth-order valence-electron chi connectivity index (χ4n) is 2.60. The van der Waals surface area contributed by atoms with Crippen LogP contribution in [-0.4, -0.2) is 75.1 Å². The quantitative estimate of drug-likeness (QED) is 0.243. The van der Waals surface area contributed by atoms with Crippen LogP contribution in [0.1, 0.15) is 47.5 Å². The highest BCUT2D eigenvalue weighted by Gasteiger charge is 2.51. The summed E-state index contributed by atoms with van der Waals surface area (Å²) in [5.74, 6) is -1.69. The van der Waals surface area contributed by atoms with Crippen molar-refractivity contribution in [1.29, 1.82) is 0 Å². The minimum absolute atomic E-state index is 0.0586. The van der Waals surface area contributed by atoms with Gasteiger partial charge in [0, 0.05) is 13.0 Å². The Bertz CT molecular complexity index is 520. The molecule has 0 bridgehead atoms. The van der Waals surface area contributed by atoms with Gasteiger partial charge in [-0.2, -0.15) is 0 Å². The van der Waals surface area contributed by atoms with E-state index in [9.17, 15) is 14.4 Å².